The van der Waals surface area contributed by atoms with Gasteiger partial charge in [0, 0.05) is 13.1 Å². The first kappa shape index (κ1) is 14.6. The van der Waals surface area contributed by atoms with Crippen LogP contribution >= 0.6 is 0 Å². The van der Waals surface area contributed by atoms with Crippen LogP contribution in [-0.4, -0.2) is 29.6 Å². The number of hydrogen-bond acceptors (Lipinski definition) is 2. The summed E-state index contributed by atoms with van der Waals surface area (Å²) in [5.41, 5.74) is 0.444. The van der Waals surface area contributed by atoms with Crippen molar-refractivity contribution in [2.24, 2.45) is 0 Å². The van der Waals surface area contributed by atoms with Crippen LogP contribution in [0.2, 0.25) is 0 Å². The zero-order valence-electron chi connectivity index (χ0n) is 12.9. The second-order valence-electron chi connectivity index (χ2n) is 6.25. The van der Waals surface area contributed by atoms with E-state index in [-0.39, 0.29) is 0 Å². The Hall–Kier alpha value is -1.38. The molecule has 0 unspecified atom stereocenters. The zero-order valence-corrected chi connectivity index (χ0v) is 12.9. The minimum absolute atomic E-state index is 0.663. The van der Waals surface area contributed by atoms with Crippen LogP contribution in [0.1, 0.15) is 38.2 Å². The van der Waals surface area contributed by atoms with E-state index in [1.165, 1.54) is 30.2 Å². The van der Waals surface area contributed by atoms with Crippen LogP contribution in [0.25, 0.3) is 10.8 Å². The van der Waals surface area contributed by atoms with Gasteiger partial charge in [-0.15, -0.1) is 0 Å². The summed E-state index contributed by atoms with van der Waals surface area (Å²) in [6.07, 6.45) is 4.17. The van der Waals surface area contributed by atoms with Crippen LogP contribution in [0.4, 0.5) is 0 Å². The molecule has 2 nitrogen and oxygen atoms in total. The predicted octanol–water partition coefficient (Wildman–Crippen LogP) is 3.92. The molecule has 1 aliphatic heterocycles. The van der Waals surface area contributed by atoms with Gasteiger partial charge in [-0.25, -0.2) is 0 Å². The average molecular weight is 283 g/mol. The van der Waals surface area contributed by atoms with Crippen LogP contribution < -0.4 is 0 Å². The molecule has 1 aliphatic rings. The van der Waals surface area contributed by atoms with Crippen molar-refractivity contribution in [1.82, 2.24) is 4.90 Å². The molecule has 0 radical (unpaired) electrons. The summed E-state index contributed by atoms with van der Waals surface area (Å²) < 4.78 is 0. The van der Waals surface area contributed by atoms with E-state index in [0.717, 1.165) is 31.5 Å². The molecule has 2 aromatic carbocycles. The van der Waals surface area contributed by atoms with Crippen molar-refractivity contribution in [2.45, 2.75) is 38.2 Å². The van der Waals surface area contributed by atoms with E-state index >= 15 is 0 Å². The number of fused-ring (bicyclic) bond motifs is 1. The fourth-order valence-electron chi connectivity index (χ4n) is 3.43. The molecule has 0 spiro atoms. The molecular weight excluding hydrogens is 258 g/mol. The number of likely N-dealkylation sites (tertiary alicyclic amines) is 1. The van der Waals surface area contributed by atoms with Crippen molar-refractivity contribution >= 4 is 10.8 Å². The average Bonchev–Trinajstić information content (AvgIpc) is 2.54. The molecule has 21 heavy (non-hydrogen) atoms. The monoisotopic (exact) mass is 283 g/mol. The molecule has 112 valence electrons. The molecule has 2 aromatic rings. The number of aliphatic hydroxyl groups is 1. The van der Waals surface area contributed by atoms with E-state index in [2.05, 4.69) is 54.3 Å². The number of hydrogen-bond donors (Lipinski definition) is 1. The van der Waals surface area contributed by atoms with E-state index in [0.29, 0.717) is 0 Å². The van der Waals surface area contributed by atoms with Gasteiger partial charge in [0.25, 0.3) is 0 Å². The molecule has 3 rings (SSSR count). The highest BCUT2D eigenvalue weighted by Gasteiger charge is 2.34. The van der Waals surface area contributed by atoms with Gasteiger partial charge in [-0.2, -0.15) is 0 Å². The quantitative estimate of drug-likeness (QED) is 0.919. The maximum absolute atomic E-state index is 11.2. The lowest BCUT2D eigenvalue weighted by atomic mass is 9.82. The molecule has 2 heteroatoms. The Morgan fingerprint density at radius 1 is 1.05 bits per heavy atom. The van der Waals surface area contributed by atoms with Gasteiger partial charge in [-0.05, 0) is 42.1 Å². The summed E-state index contributed by atoms with van der Waals surface area (Å²) in [6.45, 7) is 5.40. The van der Waals surface area contributed by atoms with E-state index in [1.54, 1.807) is 0 Å². The normalized spacial score (nSPS) is 19.0. The van der Waals surface area contributed by atoms with Crippen LogP contribution in [0.5, 0.6) is 0 Å². The molecule has 0 atom stereocenters. The first-order valence-electron chi connectivity index (χ1n) is 8.16. The number of benzene rings is 2. The molecule has 0 aliphatic carbocycles. The Morgan fingerprint density at radius 2 is 1.76 bits per heavy atom. The van der Waals surface area contributed by atoms with Gasteiger partial charge in [0.2, 0.25) is 0 Å². The molecule has 1 saturated heterocycles. The summed E-state index contributed by atoms with van der Waals surface area (Å²) in [5, 5.41) is 13.6. The van der Waals surface area contributed by atoms with Crippen molar-refractivity contribution in [3.8, 4) is 0 Å². The van der Waals surface area contributed by atoms with Gasteiger partial charge in [0.1, 0.15) is 0 Å². The van der Waals surface area contributed by atoms with Crippen molar-refractivity contribution in [3.05, 3.63) is 48.0 Å². The standard InChI is InChI=1S/C19H25NO/c1-2-3-13-20-14-11-19(21,12-15-20)18-10-6-8-16-7-4-5-9-17(16)18/h4-10,21H,2-3,11-15H2,1H3. The second kappa shape index (κ2) is 6.17. The lowest BCUT2D eigenvalue weighted by Gasteiger charge is -2.39. The highest BCUT2D eigenvalue weighted by Crippen LogP contribution is 2.36. The highest BCUT2D eigenvalue weighted by molar-refractivity contribution is 5.86. The Labute approximate surface area is 127 Å². The van der Waals surface area contributed by atoms with Gasteiger partial charge < -0.3 is 10.0 Å². The molecule has 1 N–H and O–H groups in total. The van der Waals surface area contributed by atoms with Crippen LogP contribution in [-0.2, 0) is 5.60 Å². The number of unbranched alkanes of at least 4 members (excludes halogenated alkanes) is 1. The number of nitrogens with zero attached hydrogens (tertiary/aromatic N) is 1. The topological polar surface area (TPSA) is 23.5 Å². The molecule has 0 bridgehead atoms. The fourth-order valence-corrected chi connectivity index (χ4v) is 3.43. The van der Waals surface area contributed by atoms with Crippen molar-refractivity contribution < 1.29 is 5.11 Å². The first-order chi connectivity index (χ1) is 10.2. The first-order valence-corrected chi connectivity index (χ1v) is 8.16. The number of rotatable bonds is 4. The maximum atomic E-state index is 11.2. The minimum atomic E-state index is -0.663. The molecular formula is C19H25NO. The molecule has 1 fully saturated rings. The van der Waals surface area contributed by atoms with E-state index in [9.17, 15) is 5.11 Å². The van der Waals surface area contributed by atoms with Crippen molar-refractivity contribution in [1.29, 1.82) is 0 Å². The molecule has 0 amide bonds. The highest BCUT2D eigenvalue weighted by atomic mass is 16.3. The Morgan fingerprint density at radius 3 is 2.52 bits per heavy atom. The van der Waals surface area contributed by atoms with Gasteiger partial charge in [-0.1, -0.05) is 55.8 Å². The number of piperidine rings is 1. The Balaban J connectivity index is 1.82. The van der Waals surface area contributed by atoms with E-state index < -0.39 is 5.60 Å². The Kier molecular flexibility index (Phi) is 4.27. The van der Waals surface area contributed by atoms with Gasteiger partial charge in [0.05, 0.1) is 5.60 Å². The third-order valence-electron chi connectivity index (χ3n) is 4.80. The minimum Gasteiger partial charge on any atom is -0.385 e. The largest absolute Gasteiger partial charge is 0.385 e. The predicted molar refractivity (Wildman–Crippen MR) is 88.4 cm³/mol. The summed E-state index contributed by atoms with van der Waals surface area (Å²) >= 11 is 0. The third-order valence-corrected chi connectivity index (χ3v) is 4.80. The molecule has 1 heterocycles. The van der Waals surface area contributed by atoms with Crippen LogP contribution in [0.3, 0.4) is 0 Å². The smallest absolute Gasteiger partial charge is 0.0926 e. The van der Waals surface area contributed by atoms with Crippen LogP contribution in [0.15, 0.2) is 42.5 Å². The third kappa shape index (κ3) is 2.97. The van der Waals surface area contributed by atoms with Crippen LogP contribution in [0, 0.1) is 0 Å². The summed E-state index contributed by atoms with van der Waals surface area (Å²) in [6, 6.07) is 14.7. The summed E-state index contributed by atoms with van der Waals surface area (Å²) in [4.78, 5) is 2.49. The molecule has 0 aromatic heterocycles. The SMILES string of the molecule is CCCCN1CCC(O)(c2cccc3ccccc23)CC1. The lowest BCUT2D eigenvalue weighted by molar-refractivity contribution is -0.0248. The summed E-state index contributed by atoms with van der Waals surface area (Å²) in [5.74, 6) is 0. The van der Waals surface area contributed by atoms with Gasteiger partial charge in [0.15, 0.2) is 0 Å². The second-order valence-corrected chi connectivity index (χ2v) is 6.25. The van der Waals surface area contributed by atoms with E-state index in [4.69, 9.17) is 0 Å². The van der Waals surface area contributed by atoms with E-state index in [1.807, 2.05) is 0 Å². The maximum Gasteiger partial charge on any atom is 0.0926 e. The fraction of sp³-hybridized carbons (Fsp3) is 0.474. The zero-order chi connectivity index (χ0) is 14.7. The van der Waals surface area contributed by atoms with Gasteiger partial charge in [-0.3, -0.25) is 0 Å². The summed E-state index contributed by atoms with van der Waals surface area (Å²) in [7, 11) is 0. The van der Waals surface area contributed by atoms with Gasteiger partial charge >= 0.3 is 0 Å². The van der Waals surface area contributed by atoms with Crippen molar-refractivity contribution in [2.75, 3.05) is 19.6 Å². The van der Waals surface area contributed by atoms with Crippen molar-refractivity contribution in [3.63, 3.8) is 0 Å². The Bertz CT molecular complexity index is 594. The molecule has 0 saturated carbocycles. The lowest BCUT2D eigenvalue weighted by Crippen LogP contribution is -2.42.